The zero-order valence-electron chi connectivity index (χ0n) is 15.4. The van der Waals surface area contributed by atoms with Gasteiger partial charge in [-0.25, -0.2) is 0 Å². The average molecular weight is 332 g/mol. The number of aliphatic imine (C=N–C) groups is 1. The van der Waals surface area contributed by atoms with Crippen molar-refractivity contribution in [2.45, 2.75) is 19.3 Å². The zero-order chi connectivity index (χ0) is 17.2. The molecule has 2 rings (SSSR count). The maximum atomic E-state index is 5.70. The number of rotatable bonds is 10. The number of benzene rings is 1. The predicted molar refractivity (Wildman–Crippen MR) is 102 cm³/mol. The van der Waals surface area contributed by atoms with E-state index in [2.05, 4.69) is 58.5 Å². The lowest BCUT2D eigenvalue weighted by Crippen LogP contribution is -2.41. The molecule has 0 aromatic heterocycles. The number of para-hydroxylation sites is 1. The van der Waals surface area contributed by atoms with Crippen LogP contribution in [0.4, 0.5) is 5.69 Å². The van der Waals surface area contributed by atoms with Crippen LogP contribution in [0.1, 0.15) is 19.3 Å². The Balaban J connectivity index is 1.58. The van der Waals surface area contributed by atoms with Gasteiger partial charge in [0.2, 0.25) is 0 Å². The van der Waals surface area contributed by atoms with E-state index in [4.69, 9.17) is 4.74 Å². The van der Waals surface area contributed by atoms with Crippen LogP contribution >= 0.6 is 0 Å². The summed E-state index contributed by atoms with van der Waals surface area (Å²) in [6.07, 6.45) is 3.75. The minimum atomic E-state index is 0.768. The highest BCUT2D eigenvalue weighted by atomic mass is 16.5. The van der Waals surface area contributed by atoms with E-state index in [-0.39, 0.29) is 0 Å². The van der Waals surface area contributed by atoms with Gasteiger partial charge in [-0.1, -0.05) is 18.2 Å². The molecule has 0 atom stereocenters. The molecule has 5 nitrogen and oxygen atoms in total. The van der Waals surface area contributed by atoms with Crippen LogP contribution in [0.5, 0.6) is 0 Å². The highest BCUT2D eigenvalue weighted by Gasteiger charge is 2.21. The number of hydrogen-bond acceptors (Lipinski definition) is 3. The SMILES string of the molecule is CN=C(NCCCN(C)c1ccccc1)N(C)CCOCC1CC1. The van der Waals surface area contributed by atoms with E-state index in [1.807, 2.05) is 13.1 Å². The van der Waals surface area contributed by atoms with Gasteiger partial charge in [-0.05, 0) is 37.3 Å². The second-order valence-corrected chi connectivity index (χ2v) is 6.52. The maximum Gasteiger partial charge on any atom is 0.193 e. The van der Waals surface area contributed by atoms with E-state index in [9.17, 15) is 0 Å². The molecular weight excluding hydrogens is 300 g/mol. The third-order valence-corrected chi connectivity index (χ3v) is 4.35. The largest absolute Gasteiger partial charge is 0.379 e. The van der Waals surface area contributed by atoms with Crippen LogP contribution in [0.15, 0.2) is 35.3 Å². The third-order valence-electron chi connectivity index (χ3n) is 4.35. The summed E-state index contributed by atoms with van der Waals surface area (Å²) in [6.45, 7) is 4.49. The lowest BCUT2D eigenvalue weighted by atomic mass is 10.3. The number of nitrogens with one attached hydrogen (secondary N) is 1. The van der Waals surface area contributed by atoms with Gasteiger partial charge in [0.1, 0.15) is 0 Å². The highest BCUT2D eigenvalue weighted by molar-refractivity contribution is 5.79. The molecule has 0 amide bonds. The van der Waals surface area contributed by atoms with E-state index < -0.39 is 0 Å². The molecule has 1 N–H and O–H groups in total. The monoisotopic (exact) mass is 332 g/mol. The van der Waals surface area contributed by atoms with Gasteiger partial charge in [-0.3, -0.25) is 4.99 Å². The molecule has 0 aliphatic heterocycles. The fourth-order valence-electron chi connectivity index (χ4n) is 2.55. The van der Waals surface area contributed by atoms with Crippen molar-refractivity contribution in [2.75, 3.05) is 58.9 Å². The van der Waals surface area contributed by atoms with Gasteiger partial charge in [-0.2, -0.15) is 0 Å². The van der Waals surface area contributed by atoms with Crippen LogP contribution in [0.2, 0.25) is 0 Å². The summed E-state index contributed by atoms with van der Waals surface area (Å²) in [4.78, 5) is 8.76. The molecule has 134 valence electrons. The lowest BCUT2D eigenvalue weighted by Gasteiger charge is -2.23. The minimum Gasteiger partial charge on any atom is -0.379 e. The maximum absolute atomic E-state index is 5.70. The Morgan fingerprint density at radius 1 is 1.21 bits per heavy atom. The number of ether oxygens (including phenoxy) is 1. The van der Waals surface area contributed by atoms with Crippen molar-refractivity contribution in [2.24, 2.45) is 10.9 Å². The van der Waals surface area contributed by atoms with Crippen molar-refractivity contribution < 1.29 is 4.74 Å². The first-order valence-electron chi connectivity index (χ1n) is 8.96. The summed E-state index contributed by atoms with van der Waals surface area (Å²) < 4.78 is 5.70. The first-order valence-corrected chi connectivity index (χ1v) is 8.96. The van der Waals surface area contributed by atoms with Gasteiger partial charge in [0.05, 0.1) is 6.61 Å². The summed E-state index contributed by atoms with van der Waals surface area (Å²) >= 11 is 0. The van der Waals surface area contributed by atoms with Gasteiger partial charge < -0.3 is 19.9 Å². The van der Waals surface area contributed by atoms with Crippen LogP contribution in [-0.4, -0.2) is 64.9 Å². The summed E-state index contributed by atoms with van der Waals surface area (Å²) in [6, 6.07) is 10.5. The van der Waals surface area contributed by atoms with Crippen LogP contribution in [0, 0.1) is 5.92 Å². The second-order valence-electron chi connectivity index (χ2n) is 6.52. The summed E-state index contributed by atoms with van der Waals surface area (Å²) in [5, 5.41) is 3.43. The Bertz CT molecular complexity index is 487. The molecule has 0 saturated heterocycles. The van der Waals surface area contributed by atoms with E-state index in [0.717, 1.165) is 51.1 Å². The summed E-state index contributed by atoms with van der Waals surface area (Å²) in [7, 11) is 6.03. The summed E-state index contributed by atoms with van der Waals surface area (Å²) in [5.74, 6) is 1.77. The molecule has 5 heteroatoms. The Morgan fingerprint density at radius 3 is 2.62 bits per heavy atom. The van der Waals surface area contributed by atoms with Crippen molar-refractivity contribution >= 4 is 11.6 Å². The Hall–Kier alpha value is -1.75. The first-order chi connectivity index (χ1) is 11.7. The molecule has 1 saturated carbocycles. The van der Waals surface area contributed by atoms with Crippen molar-refractivity contribution in [3.8, 4) is 0 Å². The lowest BCUT2D eigenvalue weighted by molar-refractivity contribution is 0.115. The van der Waals surface area contributed by atoms with E-state index in [1.54, 1.807) is 0 Å². The normalized spacial score (nSPS) is 14.5. The second kappa shape index (κ2) is 10.2. The van der Waals surface area contributed by atoms with Crippen molar-refractivity contribution in [3.63, 3.8) is 0 Å². The number of likely N-dealkylation sites (N-methyl/N-ethyl adjacent to an activating group) is 1. The van der Waals surface area contributed by atoms with Gasteiger partial charge in [0.15, 0.2) is 5.96 Å². The van der Waals surface area contributed by atoms with Crippen LogP contribution in [0.25, 0.3) is 0 Å². The molecular formula is C19H32N4O. The fraction of sp³-hybridized carbons (Fsp3) is 0.632. The molecule has 1 fully saturated rings. The quantitative estimate of drug-likeness (QED) is 0.406. The van der Waals surface area contributed by atoms with Gasteiger partial charge in [0, 0.05) is 53.1 Å². The smallest absolute Gasteiger partial charge is 0.193 e. The highest BCUT2D eigenvalue weighted by Crippen LogP contribution is 2.28. The fourth-order valence-corrected chi connectivity index (χ4v) is 2.55. The molecule has 24 heavy (non-hydrogen) atoms. The predicted octanol–water partition coefficient (Wildman–Crippen LogP) is 2.45. The molecule has 0 heterocycles. The Labute approximate surface area is 146 Å². The molecule has 1 aliphatic carbocycles. The molecule has 1 aliphatic rings. The van der Waals surface area contributed by atoms with Crippen LogP contribution in [-0.2, 0) is 4.74 Å². The Morgan fingerprint density at radius 2 is 1.96 bits per heavy atom. The van der Waals surface area contributed by atoms with Crippen molar-refractivity contribution in [1.29, 1.82) is 0 Å². The standard InChI is InChI=1S/C19H32N4O/c1-20-19(23(3)14-15-24-16-17-10-11-17)21-12-7-13-22(2)18-8-5-4-6-9-18/h4-6,8-9,17H,7,10-16H2,1-3H3,(H,20,21). The zero-order valence-corrected chi connectivity index (χ0v) is 15.4. The van der Waals surface area contributed by atoms with E-state index >= 15 is 0 Å². The molecule has 0 spiro atoms. The number of nitrogens with zero attached hydrogens (tertiary/aromatic N) is 3. The molecule has 1 aromatic carbocycles. The van der Waals surface area contributed by atoms with Crippen molar-refractivity contribution in [1.82, 2.24) is 10.2 Å². The number of hydrogen-bond donors (Lipinski definition) is 1. The molecule has 1 aromatic rings. The van der Waals surface area contributed by atoms with Crippen LogP contribution in [0.3, 0.4) is 0 Å². The minimum absolute atomic E-state index is 0.768. The Kier molecular flexibility index (Phi) is 7.89. The van der Waals surface area contributed by atoms with Gasteiger partial charge in [-0.15, -0.1) is 0 Å². The van der Waals surface area contributed by atoms with Crippen molar-refractivity contribution in [3.05, 3.63) is 30.3 Å². The van der Waals surface area contributed by atoms with E-state index in [0.29, 0.717) is 0 Å². The van der Waals surface area contributed by atoms with E-state index in [1.165, 1.54) is 18.5 Å². The van der Waals surface area contributed by atoms with Gasteiger partial charge >= 0.3 is 0 Å². The van der Waals surface area contributed by atoms with Crippen LogP contribution < -0.4 is 10.2 Å². The molecule has 0 radical (unpaired) electrons. The number of guanidine groups is 1. The topological polar surface area (TPSA) is 40.1 Å². The first kappa shape index (κ1) is 18.6. The third kappa shape index (κ3) is 6.79. The van der Waals surface area contributed by atoms with Gasteiger partial charge in [0.25, 0.3) is 0 Å². The summed E-state index contributed by atoms with van der Waals surface area (Å²) in [5.41, 5.74) is 1.26. The number of anilines is 1. The molecule has 0 unspecified atom stereocenters. The average Bonchev–Trinajstić information content (AvgIpc) is 3.43. The molecule has 0 bridgehead atoms.